The Morgan fingerprint density at radius 1 is 1.33 bits per heavy atom. The number of amides is 2. The van der Waals surface area contributed by atoms with E-state index in [9.17, 15) is 9.59 Å². The van der Waals surface area contributed by atoms with Crippen molar-refractivity contribution in [2.45, 2.75) is 51.6 Å². The van der Waals surface area contributed by atoms with E-state index in [4.69, 9.17) is 23.2 Å². The van der Waals surface area contributed by atoms with Crippen LogP contribution in [-0.2, 0) is 4.79 Å². The maximum Gasteiger partial charge on any atom is 0.253 e. The molecule has 1 aromatic carbocycles. The number of likely N-dealkylation sites (tertiary alicyclic amines) is 1. The third-order valence-corrected chi connectivity index (χ3v) is 6.81. The molecule has 1 aromatic rings. The molecule has 2 N–H and O–H groups in total. The van der Waals surface area contributed by atoms with Gasteiger partial charge in [0.2, 0.25) is 5.91 Å². The van der Waals surface area contributed by atoms with E-state index >= 15 is 0 Å². The highest BCUT2D eigenvalue weighted by Gasteiger charge is 2.31. The van der Waals surface area contributed by atoms with Gasteiger partial charge in [0, 0.05) is 23.7 Å². The Bertz CT molecular complexity index is 745. The Morgan fingerprint density at radius 3 is 2.70 bits per heavy atom. The molecule has 0 radical (unpaired) electrons. The minimum absolute atomic E-state index is 0.141. The third-order valence-electron chi connectivity index (χ3n) is 5.62. The van der Waals surface area contributed by atoms with E-state index < -0.39 is 6.04 Å². The Morgan fingerprint density at radius 2 is 2.07 bits per heavy atom. The average Bonchev–Trinajstić information content (AvgIpc) is 2.69. The van der Waals surface area contributed by atoms with Gasteiger partial charge in [-0.15, -0.1) is 0 Å². The quantitative estimate of drug-likeness (QED) is 0.555. The van der Waals surface area contributed by atoms with Crippen molar-refractivity contribution in [3.63, 3.8) is 0 Å². The van der Waals surface area contributed by atoms with Crippen LogP contribution in [0.2, 0.25) is 10.0 Å². The van der Waals surface area contributed by atoms with Crippen molar-refractivity contribution < 1.29 is 9.59 Å². The maximum absolute atomic E-state index is 12.9. The summed E-state index contributed by atoms with van der Waals surface area (Å²) in [6.45, 7) is 9.23. The second-order valence-electron chi connectivity index (χ2n) is 8.66. The van der Waals surface area contributed by atoms with Gasteiger partial charge < -0.3 is 10.6 Å². The molecule has 1 fully saturated rings. The second kappa shape index (κ2) is 11.6. The molecule has 1 heterocycles. The molecule has 8 heteroatoms. The van der Waals surface area contributed by atoms with Gasteiger partial charge in [-0.3, -0.25) is 14.5 Å². The first-order valence-corrected chi connectivity index (χ1v) is 12.6. The van der Waals surface area contributed by atoms with Crippen molar-refractivity contribution in [3.8, 4) is 0 Å². The number of benzene rings is 1. The number of hydrogen-bond acceptors (Lipinski definition) is 4. The summed E-state index contributed by atoms with van der Waals surface area (Å²) in [6, 6.07) is 4.09. The lowest BCUT2D eigenvalue weighted by atomic mass is 9.93. The summed E-state index contributed by atoms with van der Waals surface area (Å²) < 4.78 is 0. The first-order chi connectivity index (χ1) is 14.1. The van der Waals surface area contributed by atoms with E-state index in [2.05, 4.69) is 36.3 Å². The first-order valence-electron chi connectivity index (χ1n) is 10.4. The maximum atomic E-state index is 12.9. The summed E-state index contributed by atoms with van der Waals surface area (Å²) >= 11 is 13.7. The van der Waals surface area contributed by atoms with Crippen molar-refractivity contribution in [2.24, 2.45) is 5.92 Å². The summed E-state index contributed by atoms with van der Waals surface area (Å²) in [5, 5.41) is 6.64. The fourth-order valence-corrected chi connectivity index (χ4v) is 4.66. The summed E-state index contributed by atoms with van der Waals surface area (Å²) in [5.41, 5.74) is 0.170. The van der Waals surface area contributed by atoms with E-state index in [1.54, 1.807) is 23.9 Å². The molecule has 168 valence electrons. The number of carbonyl (C=O) groups excluding carboxylic acids is 2. The van der Waals surface area contributed by atoms with Gasteiger partial charge in [0.1, 0.15) is 6.04 Å². The van der Waals surface area contributed by atoms with Gasteiger partial charge in [0.25, 0.3) is 5.91 Å². The number of nitrogens with zero attached hydrogens (tertiary/aromatic N) is 1. The lowest BCUT2D eigenvalue weighted by molar-refractivity contribution is -0.123. The Balaban J connectivity index is 2.01. The lowest BCUT2D eigenvalue weighted by Gasteiger charge is -2.43. The molecule has 1 saturated heterocycles. The van der Waals surface area contributed by atoms with Crippen LogP contribution in [0.25, 0.3) is 0 Å². The molecule has 0 aromatic heterocycles. The summed E-state index contributed by atoms with van der Waals surface area (Å²) in [7, 11) is 0. The van der Waals surface area contributed by atoms with E-state index in [-0.39, 0.29) is 22.4 Å². The zero-order chi connectivity index (χ0) is 22.3. The number of piperidine rings is 1. The molecule has 0 bridgehead atoms. The van der Waals surface area contributed by atoms with Crippen molar-refractivity contribution >= 4 is 46.8 Å². The van der Waals surface area contributed by atoms with Crippen molar-refractivity contribution in [1.29, 1.82) is 0 Å². The monoisotopic (exact) mass is 473 g/mol. The molecule has 0 saturated carbocycles. The van der Waals surface area contributed by atoms with E-state index in [0.29, 0.717) is 29.5 Å². The highest BCUT2D eigenvalue weighted by Crippen LogP contribution is 2.24. The molecule has 5 nitrogen and oxygen atoms in total. The number of carbonyl (C=O) groups is 2. The number of rotatable bonds is 9. The van der Waals surface area contributed by atoms with Crippen LogP contribution in [-0.4, -0.2) is 59.9 Å². The second-order valence-corrected chi connectivity index (χ2v) is 10.5. The molecule has 2 rings (SSSR count). The van der Waals surface area contributed by atoms with E-state index in [0.717, 1.165) is 18.8 Å². The van der Waals surface area contributed by atoms with Gasteiger partial charge in [-0.25, -0.2) is 0 Å². The standard InChI is InChI=1S/C22H33Cl2N3O2S/c1-15-6-5-10-27(13-15)22(2,3)14-25-21(29)19(9-11-30-4)26-20(28)17-8-7-16(23)12-18(17)24/h7-8,12,15,19H,5-6,9-11,13-14H2,1-4H3,(H,25,29)(H,26,28). The average molecular weight is 474 g/mol. The Labute approximate surface area is 194 Å². The molecule has 1 aliphatic heterocycles. The van der Waals surface area contributed by atoms with Gasteiger partial charge in [-0.05, 0) is 75.8 Å². The minimum Gasteiger partial charge on any atom is -0.352 e. The summed E-state index contributed by atoms with van der Waals surface area (Å²) in [5.74, 6) is 0.897. The predicted octanol–water partition coefficient (Wildman–Crippen LogP) is 4.47. The fraction of sp³-hybridized carbons (Fsp3) is 0.636. The van der Waals surface area contributed by atoms with Crippen LogP contribution in [0.4, 0.5) is 0 Å². The molecule has 2 unspecified atom stereocenters. The molecule has 2 atom stereocenters. The molecule has 0 spiro atoms. The zero-order valence-corrected chi connectivity index (χ0v) is 20.6. The van der Waals surface area contributed by atoms with Gasteiger partial charge in [0.15, 0.2) is 0 Å². The Hall–Kier alpha value is -0.950. The molecule has 2 amide bonds. The smallest absolute Gasteiger partial charge is 0.253 e. The van der Waals surface area contributed by atoms with Crippen molar-refractivity contribution in [1.82, 2.24) is 15.5 Å². The van der Waals surface area contributed by atoms with Gasteiger partial charge in [0.05, 0.1) is 10.6 Å². The predicted molar refractivity (Wildman–Crippen MR) is 128 cm³/mol. The number of thioether (sulfide) groups is 1. The number of halogens is 2. The minimum atomic E-state index is -0.618. The van der Waals surface area contributed by atoms with Crippen LogP contribution in [0.3, 0.4) is 0 Å². The molecule has 0 aliphatic carbocycles. The van der Waals surface area contributed by atoms with E-state index in [1.165, 1.54) is 18.9 Å². The van der Waals surface area contributed by atoms with Gasteiger partial charge in [-0.2, -0.15) is 11.8 Å². The van der Waals surface area contributed by atoms with Crippen LogP contribution in [0.5, 0.6) is 0 Å². The van der Waals surface area contributed by atoms with Crippen LogP contribution >= 0.6 is 35.0 Å². The highest BCUT2D eigenvalue weighted by molar-refractivity contribution is 7.98. The topological polar surface area (TPSA) is 61.4 Å². The molecular formula is C22H33Cl2N3O2S. The molecule has 1 aliphatic rings. The number of hydrogen-bond donors (Lipinski definition) is 2. The SMILES string of the molecule is CSCCC(NC(=O)c1ccc(Cl)cc1Cl)C(=O)NCC(C)(C)N1CCCC(C)C1. The number of nitrogens with one attached hydrogen (secondary N) is 2. The normalized spacial score (nSPS) is 18.7. The molecule has 30 heavy (non-hydrogen) atoms. The van der Waals surface area contributed by atoms with Gasteiger partial charge >= 0.3 is 0 Å². The largest absolute Gasteiger partial charge is 0.352 e. The fourth-order valence-electron chi connectivity index (χ4n) is 3.69. The summed E-state index contributed by atoms with van der Waals surface area (Å²) in [4.78, 5) is 28.1. The highest BCUT2D eigenvalue weighted by atomic mass is 35.5. The van der Waals surface area contributed by atoms with Crippen molar-refractivity contribution in [2.75, 3.05) is 31.6 Å². The van der Waals surface area contributed by atoms with Crippen LogP contribution < -0.4 is 10.6 Å². The third kappa shape index (κ3) is 7.33. The van der Waals surface area contributed by atoms with Crippen LogP contribution in [0.15, 0.2) is 18.2 Å². The zero-order valence-electron chi connectivity index (χ0n) is 18.3. The van der Waals surface area contributed by atoms with Gasteiger partial charge in [-0.1, -0.05) is 30.1 Å². The van der Waals surface area contributed by atoms with E-state index in [1.807, 2.05) is 6.26 Å². The first kappa shape index (κ1) is 25.3. The Kier molecular flexibility index (Phi) is 9.79. The lowest BCUT2D eigenvalue weighted by Crippen LogP contribution is -2.57. The van der Waals surface area contributed by atoms with Crippen molar-refractivity contribution in [3.05, 3.63) is 33.8 Å². The molecular weight excluding hydrogens is 441 g/mol. The van der Waals surface area contributed by atoms with Crippen LogP contribution in [0.1, 0.15) is 50.4 Å². The van der Waals surface area contributed by atoms with Crippen LogP contribution in [0, 0.1) is 5.92 Å². The summed E-state index contributed by atoms with van der Waals surface area (Å²) in [6.07, 6.45) is 4.97.